The van der Waals surface area contributed by atoms with Crippen molar-refractivity contribution >= 4 is 132 Å². The Morgan fingerprint density at radius 1 is 0.202 bits per heavy atom. The van der Waals surface area contributed by atoms with Gasteiger partial charge in [0.25, 0.3) is 0 Å². The summed E-state index contributed by atoms with van der Waals surface area (Å²) in [5.41, 5.74) is 25.5. The molecule has 104 heavy (non-hydrogen) atoms. The monoisotopic (exact) mass is 1350 g/mol. The Hall–Kier alpha value is -11.9. The lowest BCUT2D eigenvalue weighted by atomic mass is 9.80. The van der Waals surface area contributed by atoms with E-state index < -0.39 is 0 Å². The van der Waals surface area contributed by atoms with E-state index in [1.807, 2.05) is 0 Å². The third-order valence-electron chi connectivity index (χ3n) is 21.8. The Morgan fingerprint density at radius 3 is 0.865 bits per heavy atom. The third-order valence-corrected chi connectivity index (χ3v) is 21.8. The van der Waals surface area contributed by atoms with E-state index >= 15 is 0 Å². The number of hydrogen-bond donors (Lipinski definition) is 0. The van der Waals surface area contributed by atoms with E-state index in [0.717, 1.165) is 67.6 Å². The molecule has 0 amide bonds. The van der Waals surface area contributed by atoms with Gasteiger partial charge < -0.3 is 28.1 Å². The summed E-state index contributed by atoms with van der Waals surface area (Å²) in [6.45, 7) is 27.9. The molecule has 0 radical (unpaired) electrons. The first-order chi connectivity index (χ1) is 50.1. The highest BCUT2D eigenvalue weighted by Crippen LogP contribution is 2.50. The van der Waals surface area contributed by atoms with Crippen LogP contribution in [0.2, 0.25) is 0 Å². The van der Waals surface area contributed by atoms with Gasteiger partial charge in [0.15, 0.2) is 0 Å². The Kier molecular flexibility index (Phi) is 14.7. The zero-order valence-electron chi connectivity index (χ0n) is 61.6. The number of rotatable bonds is 10. The van der Waals surface area contributed by atoms with E-state index in [9.17, 15) is 0 Å². The minimum Gasteiger partial charge on any atom is -0.310 e. The van der Waals surface area contributed by atoms with Gasteiger partial charge in [-0.3, -0.25) is 0 Å². The summed E-state index contributed by atoms with van der Waals surface area (Å²) in [6.07, 6.45) is 0. The maximum atomic E-state index is 2.51. The van der Waals surface area contributed by atoms with Crippen molar-refractivity contribution in [3.63, 3.8) is 0 Å². The van der Waals surface area contributed by atoms with Crippen LogP contribution in [0.25, 0.3) is 121 Å². The smallest absolute Gasteiger partial charge is 0.0562 e. The summed E-state index contributed by atoms with van der Waals surface area (Å²) in [5.74, 6) is 0. The minimum absolute atomic E-state index is 0.0473. The van der Waals surface area contributed by atoms with Crippen LogP contribution in [0.4, 0.5) is 34.1 Å². The SMILES string of the molecule is CC(C)(C)c1cc(-n2c3ccccc3c3c(N(c4ccccc4)c4ccc5c6cc7cc8c(cc7cc6n(-c6ccccc6)c5c4)c4ccc(N(c5ccccc5)c5cccc6c5c5ccccc5n6-c5cc(C(C)(C)C)cc(C(C)(C)C)c5)cc4n8-c4ccccc4)cccc32)cc(C(C)(C)C)c1. The Balaban J connectivity index is 0.828. The summed E-state index contributed by atoms with van der Waals surface area (Å²) in [7, 11) is 0. The van der Waals surface area contributed by atoms with Crippen molar-refractivity contribution in [2.45, 2.75) is 105 Å². The normalized spacial score (nSPS) is 12.6. The number of anilines is 6. The van der Waals surface area contributed by atoms with Crippen molar-refractivity contribution in [3.05, 3.63) is 326 Å². The van der Waals surface area contributed by atoms with Gasteiger partial charge in [0.2, 0.25) is 0 Å². The molecule has 0 unspecified atom stereocenters. The Labute approximate surface area is 609 Å². The van der Waals surface area contributed by atoms with Crippen molar-refractivity contribution in [2.75, 3.05) is 9.80 Å². The second-order valence-corrected chi connectivity index (χ2v) is 32.8. The second kappa shape index (κ2) is 23.9. The van der Waals surface area contributed by atoms with Gasteiger partial charge in [-0.25, -0.2) is 0 Å². The molecule has 0 aliphatic rings. The van der Waals surface area contributed by atoms with Crippen LogP contribution in [-0.2, 0) is 21.7 Å². The molecular formula is C98H86N6. The molecule has 0 aliphatic heterocycles. The minimum atomic E-state index is -0.0473. The fourth-order valence-corrected chi connectivity index (χ4v) is 16.4. The van der Waals surface area contributed by atoms with Crippen LogP contribution in [0, 0.1) is 0 Å². The van der Waals surface area contributed by atoms with Gasteiger partial charge in [0.1, 0.15) is 0 Å². The van der Waals surface area contributed by atoms with Gasteiger partial charge in [-0.1, -0.05) is 229 Å². The van der Waals surface area contributed by atoms with Crippen molar-refractivity contribution in [1.29, 1.82) is 0 Å². The topological polar surface area (TPSA) is 26.2 Å². The Bertz CT molecular complexity index is 5970. The lowest BCUT2D eigenvalue weighted by Gasteiger charge is -2.27. The van der Waals surface area contributed by atoms with Crippen LogP contribution in [0.15, 0.2) is 303 Å². The van der Waals surface area contributed by atoms with E-state index in [1.165, 1.54) is 110 Å². The molecule has 18 rings (SSSR count). The number of benzene rings is 14. The first-order valence-corrected chi connectivity index (χ1v) is 36.8. The summed E-state index contributed by atoms with van der Waals surface area (Å²) < 4.78 is 9.99. The van der Waals surface area contributed by atoms with Gasteiger partial charge in [-0.2, -0.15) is 0 Å². The van der Waals surface area contributed by atoms with Gasteiger partial charge in [0.05, 0.1) is 55.5 Å². The number of fused-ring (bicyclic) bond motifs is 13. The molecule has 4 heterocycles. The van der Waals surface area contributed by atoms with Crippen LogP contribution >= 0.6 is 0 Å². The van der Waals surface area contributed by atoms with E-state index in [0.29, 0.717) is 0 Å². The molecule has 0 atom stereocenters. The van der Waals surface area contributed by atoms with Gasteiger partial charge in [-0.05, 0) is 212 Å². The molecule has 0 N–H and O–H groups in total. The fourth-order valence-electron chi connectivity index (χ4n) is 16.4. The molecule has 0 bridgehead atoms. The predicted octanol–water partition coefficient (Wildman–Crippen LogP) is 27.4. The fraction of sp³-hybridized carbons (Fsp3) is 0.163. The first kappa shape index (κ1) is 64.3. The number of aromatic nitrogens is 4. The van der Waals surface area contributed by atoms with Crippen molar-refractivity contribution in [3.8, 4) is 22.7 Å². The molecule has 0 aliphatic carbocycles. The number of para-hydroxylation sites is 6. The summed E-state index contributed by atoms with van der Waals surface area (Å²) in [6, 6.07) is 114. The van der Waals surface area contributed by atoms with Crippen molar-refractivity contribution < 1.29 is 0 Å². The van der Waals surface area contributed by atoms with Crippen molar-refractivity contribution in [1.82, 2.24) is 18.3 Å². The van der Waals surface area contributed by atoms with E-state index in [1.54, 1.807) is 0 Å². The lowest BCUT2D eigenvalue weighted by molar-refractivity contribution is 0.567. The number of hydrogen-bond acceptors (Lipinski definition) is 2. The molecule has 508 valence electrons. The predicted molar refractivity (Wildman–Crippen MR) is 445 cm³/mol. The van der Waals surface area contributed by atoms with Crippen LogP contribution in [-0.4, -0.2) is 18.3 Å². The van der Waals surface area contributed by atoms with Gasteiger partial charge in [0, 0.05) is 88.6 Å². The van der Waals surface area contributed by atoms with Gasteiger partial charge in [-0.15, -0.1) is 0 Å². The third kappa shape index (κ3) is 10.6. The zero-order valence-corrected chi connectivity index (χ0v) is 61.6. The molecule has 6 nitrogen and oxygen atoms in total. The molecule has 18 aromatic rings. The maximum Gasteiger partial charge on any atom is 0.0562 e. The van der Waals surface area contributed by atoms with Crippen LogP contribution in [0.3, 0.4) is 0 Å². The van der Waals surface area contributed by atoms with Crippen LogP contribution in [0.5, 0.6) is 0 Å². The molecule has 4 aromatic heterocycles. The maximum absolute atomic E-state index is 2.51. The quantitative estimate of drug-likeness (QED) is 0.136. The summed E-state index contributed by atoms with van der Waals surface area (Å²) >= 11 is 0. The molecule has 0 saturated heterocycles. The molecule has 6 heteroatoms. The van der Waals surface area contributed by atoms with Gasteiger partial charge >= 0.3 is 0 Å². The standard InChI is InChI=1S/C98H86N6/c1-95(2,3)65-55-66(96(4,5)6)58-75(57-65)103-83-41-27-25-39-79(83)93-85(43-29-45-87(93)103)99(69-31-17-13-18-32-69)73-47-49-77-81-51-63-54-90-82(52-64(63)53-89(81)101(91(77)61-73)71-35-21-15-22-36-71)78-50-48-74(62-92(78)102(90)72-37-23-16-24-38-72)100(70-33-19-14-20-34-70)86-44-30-46-88-94(86)80-40-26-28-42-84(80)104(88)76-59-67(97(7,8)9)56-68(60-76)98(10,11)12/h13-62H,1-12H3. The summed E-state index contributed by atoms with van der Waals surface area (Å²) in [4.78, 5) is 4.96. The lowest BCUT2D eigenvalue weighted by Crippen LogP contribution is -2.17. The highest BCUT2D eigenvalue weighted by molar-refractivity contribution is 6.22. The highest BCUT2D eigenvalue weighted by atomic mass is 15.2. The highest BCUT2D eigenvalue weighted by Gasteiger charge is 2.30. The van der Waals surface area contributed by atoms with Crippen LogP contribution < -0.4 is 9.80 Å². The molecule has 14 aromatic carbocycles. The largest absolute Gasteiger partial charge is 0.310 e. The zero-order chi connectivity index (χ0) is 71.3. The van der Waals surface area contributed by atoms with Crippen molar-refractivity contribution in [2.24, 2.45) is 0 Å². The summed E-state index contributed by atoms with van der Waals surface area (Å²) in [5, 5.41) is 11.9. The van der Waals surface area contributed by atoms with E-state index in [2.05, 4.69) is 414 Å². The van der Waals surface area contributed by atoms with E-state index in [-0.39, 0.29) is 21.7 Å². The first-order valence-electron chi connectivity index (χ1n) is 36.8. The molecule has 0 fully saturated rings. The second-order valence-electron chi connectivity index (χ2n) is 32.8. The molecule has 0 saturated carbocycles. The Morgan fingerprint density at radius 2 is 0.510 bits per heavy atom. The molecular weight excluding hydrogens is 1260 g/mol. The average Bonchev–Trinajstić information content (AvgIpc) is 1.57. The van der Waals surface area contributed by atoms with E-state index in [4.69, 9.17) is 0 Å². The van der Waals surface area contributed by atoms with Crippen LogP contribution in [0.1, 0.15) is 105 Å². The molecule has 0 spiro atoms. The number of nitrogens with zero attached hydrogens (tertiary/aromatic N) is 6. The average molecular weight is 1350 g/mol.